The van der Waals surface area contributed by atoms with Crippen molar-refractivity contribution in [2.45, 2.75) is 40.2 Å². The molecular weight excluding hydrogens is 336 g/mol. The highest BCUT2D eigenvalue weighted by atomic mass is 16.2. The second kappa shape index (κ2) is 7.71. The van der Waals surface area contributed by atoms with Gasteiger partial charge in [0.25, 0.3) is 0 Å². The van der Waals surface area contributed by atoms with Gasteiger partial charge in [0, 0.05) is 38.0 Å². The molecule has 27 heavy (non-hydrogen) atoms. The van der Waals surface area contributed by atoms with E-state index in [9.17, 15) is 9.59 Å². The van der Waals surface area contributed by atoms with Crippen molar-refractivity contribution in [1.82, 2.24) is 9.80 Å². The van der Waals surface area contributed by atoms with E-state index in [2.05, 4.69) is 30.3 Å². The van der Waals surface area contributed by atoms with Crippen LogP contribution in [-0.2, 0) is 16.1 Å². The number of carbonyl (C=O) groups is 2. The lowest BCUT2D eigenvalue weighted by Gasteiger charge is -2.36. The van der Waals surface area contributed by atoms with Crippen molar-refractivity contribution < 1.29 is 9.59 Å². The number of hydrogen-bond acceptors (Lipinski definition) is 2. The van der Waals surface area contributed by atoms with Crippen LogP contribution in [0.4, 0.5) is 0 Å². The van der Waals surface area contributed by atoms with Crippen LogP contribution in [0.3, 0.4) is 0 Å². The predicted molar refractivity (Wildman–Crippen MR) is 109 cm³/mol. The van der Waals surface area contributed by atoms with Gasteiger partial charge >= 0.3 is 0 Å². The molecule has 2 aromatic carbocycles. The first kappa shape index (κ1) is 19.4. The Labute approximate surface area is 162 Å². The van der Waals surface area contributed by atoms with Gasteiger partial charge in [0.15, 0.2) is 0 Å². The predicted octanol–water partition coefficient (Wildman–Crippen LogP) is 4.08. The number of nitrogens with zero attached hydrogens (tertiary/aromatic N) is 2. The Balaban J connectivity index is 1.58. The number of rotatable bonds is 3. The average Bonchev–Trinajstić information content (AvgIpc) is 2.66. The molecule has 2 aromatic rings. The van der Waals surface area contributed by atoms with Gasteiger partial charge in [0.2, 0.25) is 11.8 Å². The third kappa shape index (κ3) is 4.49. The van der Waals surface area contributed by atoms with Gasteiger partial charge < -0.3 is 9.80 Å². The van der Waals surface area contributed by atoms with Crippen molar-refractivity contribution in [3.8, 4) is 0 Å². The van der Waals surface area contributed by atoms with E-state index in [4.69, 9.17) is 0 Å². The summed E-state index contributed by atoms with van der Waals surface area (Å²) in [4.78, 5) is 29.0. The summed E-state index contributed by atoms with van der Waals surface area (Å²) in [6.45, 7) is 7.81. The maximum Gasteiger partial charge on any atom is 0.227 e. The second-order valence-electron chi connectivity index (χ2n) is 8.69. The molecule has 0 aromatic heterocycles. The van der Waals surface area contributed by atoms with Crippen molar-refractivity contribution in [2.75, 3.05) is 20.1 Å². The van der Waals surface area contributed by atoms with Crippen LogP contribution in [0.2, 0.25) is 0 Å². The largest absolute Gasteiger partial charge is 0.342 e. The third-order valence-corrected chi connectivity index (χ3v) is 5.38. The van der Waals surface area contributed by atoms with Crippen LogP contribution in [-0.4, -0.2) is 41.8 Å². The maximum atomic E-state index is 12.9. The molecule has 0 spiro atoms. The summed E-state index contributed by atoms with van der Waals surface area (Å²) in [7, 11) is 1.88. The van der Waals surface area contributed by atoms with Gasteiger partial charge in [-0.15, -0.1) is 0 Å². The van der Waals surface area contributed by atoms with Crippen LogP contribution in [0, 0.1) is 11.3 Å². The summed E-state index contributed by atoms with van der Waals surface area (Å²) in [5.74, 6) is 0.378. The molecule has 1 aliphatic heterocycles. The number of fused-ring (bicyclic) bond motifs is 1. The Kier molecular flexibility index (Phi) is 5.54. The fourth-order valence-corrected chi connectivity index (χ4v) is 3.80. The van der Waals surface area contributed by atoms with Crippen molar-refractivity contribution in [3.05, 3.63) is 48.0 Å². The van der Waals surface area contributed by atoms with E-state index in [0.29, 0.717) is 19.6 Å². The van der Waals surface area contributed by atoms with E-state index in [0.717, 1.165) is 18.4 Å². The molecule has 3 rings (SSSR count). The molecule has 0 unspecified atom stereocenters. The van der Waals surface area contributed by atoms with E-state index < -0.39 is 0 Å². The first-order valence-corrected chi connectivity index (χ1v) is 9.78. The highest BCUT2D eigenvalue weighted by Gasteiger charge is 2.33. The van der Waals surface area contributed by atoms with E-state index in [1.165, 1.54) is 10.8 Å². The van der Waals surface area contributed by atoms with Gasteiger partial charge in [-0.3, -0.25) is 9.59 Å². The number of carbonyl (C=O) groups excluding carboxylic acids is 2. The minimum absolute atomic E-state index is 0.0134. The number of amides is 2. The lowest BCUT2D eigenvalue weighted by atomic mass is 9.90. The van der Waals surface area contributed by atoms with Crippen molar-refractivity contribution in [1.29, 1.82) is 0 Å². The Morgan fingerprint density at radius 2 is 1.67 bits per heavy atom. The molecule has 0 aliphatic carbocycles. The maximum absolute atomic E-state index is 12.9. The lowest BCUT2D eigenvalue weighted by Crippen LogP contribution is -2.46. The molecule has 1 fully saturated rings. The van der Waals surface area contributed by atoms with Crippen LogP contribution in [0.25, 0.3) is 10.8 Å². The smallest absolute Gasteiger partial charge is 0.227 e. The van der Waals surface area contributed by atoms with Crippen molar-refractivity contribution in [3.63, 3.8) is 0 Å². The standard InChI is InChI=1S/C23H30N2O2/c1-23(2,3)22(27)25-13-11-19(12-14-25)21(26)24(4)16-17-9-10-18-7-5-6-8-20(18)15-17/h5-10,15,19H,11-14,16H2,1-4H3. The Morgan fingerprint density at radius 3 is 2.30 bits per heavy atom. The zero-order chi connectivity index (χ0) is 19.6. The van der Waals surface area contributed by atoms with E-state index in [-0.39, 0.29) is 23.1 Å². The second-order valence-corrected chi connectivity index (χ2v) is 8.69. The Hall–Kier alpha value is -2.36. The fraction of sp³-hybridized carbons (Fsp3) is 0.478. The minimum atomic E-state index is -0.357. The quantitative estimate of drug-likeness (QED) is 0.821. The van der Waals surface area contributed by atoms with E-state index >= 15 is 0 Å². The number of likely N-dealkylation sites (tertiary alicyclic amines) is 1. The third-order valence-electron chi connectivity index (χ3n) is 5.38. The minimum Gasteiger partial charge on any atom is -0.342 e. The van der Waals surface area contributed by atoms with Crippen LogP contribution in [0.15, 0.2) is 42.5 Å². The van der Waals surface area contributed by atoms with E-state index in [1.807, 2.05) is 49.8 Å². The van der Waals surface area contributed by atoms with Crippen LogP contribution < -0.4 is 0 Å². The molecule has 1 saturated heterocycles. The summed E-state index contributed by atoms with van der Waals surface area (Å²) in [5, 5.41) is 2.41. The zero-order valence-electron chi connectivity index (χ0n) is 16.9. The Bertz CT molecular complexity index is 830. The topological polar surface area (TPSA) is 40.6 Å². The first-order valence-electron chi connectivity index (χ1n) is 9.78. The molecule has 2 amide bonds. The van der Waals surface area contributed by atoms with Gasteiger partial charge in [-0.05, 0) is 35.2 Å². The molecular formula is C23H30N2O2. The Morgan fingerprint density at radius 1 is 1.04 bits per heavy atom. The van der Waals surface area contributed by atoms with Gasteiger partial charge in [-0.1, -0.05) is 57.2 Å². The monoisotopic (exact) mass is 366 g/mol. The number of hydrogen-bond donors (Lipinski definition) is 0. The normalized spacial score (nSPS) is 15.8. The van der Waals surface area contributed by atoms with Gasteiger partial charge in [-0.25, -0.2) is 0 Å². The highest BCUT2D eigenvalue weighted by Crippen LogP contribution is 2.25. The zero-order valence-corrected chi connectivity index (χ0v) is 16.9. The molecule has 0 radical (unpaired) electrons. The number of benzene rings is 2. The highest BCUT2D eigenvalue weighted by molar-refractivity contribution is 5.84. The summed E-state index contributed by atoms with van der Waals surface area (Å²) in [5.41, 5.74) is 0.786. The molecule has 0 atom stereocenters. The van der Waals surface area contributed by atoms with E-state index in [1.54, 1.807) is 0 Å². The lowest BCUT2D eigenvalue weighted by molar-refractivity contribution is -0.144. The molecule has 1 heterocycles. The molecule has 144 valence electrons. The van der Waals surface area contributed by atoms with Crippen LogP contribution in [0.5, 0.6) is 0 Å². The van der Waals surface area contributed by atoms with Crippen molar-refractivity contribution in [2.24, 2.45) is 11.3 Å². The fourth-order valence-electron chi connectivity index (χ4n) is 3.80. The average molecular weight is 367 g/mol. The molecule has 4 heteroatoms. The molecule has 0 N–H and O–H groups in total. The molecule has 4 nitrogen and oxygen atoms in total. The summed E-state index contributed by atoms with van der Waals surface area (Å²) in [6.07, 6.45) is 1.51. The first-order chi connectivity index (χ1) is 12.8. The van der Waals surface area contributed by atoms with Crippen LogP contribution >= 0.6 is 0 Å². The van der Waals surface area contributed by atoms with Crippen LogP contribution in [0.1, 0.15) is 39.2 Å². The van der Waals surface area contributed by atoms with Gasteiger partial charge in [0.1, 0.15) is 0 Å². The summed E-state index contributed by atoms with van der Waals surface area (Å²) >= 11 is 0. The molecule has 1 aliphatic rings. The van der Waals surface area contributed by atoms with Gasteiger partial charge in [-0.2, -0.15) is 0 Å². The number of piperidine rings is 1. The molecule has 0 saturated carbocycles. The van der Waals surface area contributed by atoms with Crippen molar-refractivity contribution >= 4 is 22.6 Å². The molecule has 0 bridgehead atoms. The summed E-state index contributed by atoms with van der Waals surface area (Å²) < 4.78 is 0. The summed E-state index contributed by atoms with van der Waals surface area (Å²) in [6, 6.07) is 14.6. The van der Waals surface area contributed by atoms with Gasteiger partial charge in [0.05, 0.1) is 0 Å². The SMILES string of the molecule is CN(Cc1ccc2ccccc2c1)C(=O)C1CCN(C(=O)C(C)(C)C)CC1.